The maximum Gasteiger partial charge on any atom is 0.403 e. The summed E-state index contributed by atoms with van der Waals surface area (Å²) in [6.07, 6.45) is 0. The lowest BCUT2D eigenvalue weighted by Gasteiger charge is -2.18. The topological polar surface area (TPSA) is 98.1 Å². The van der Waals surface area contributed by atoms with Crippen LogP contribution < -0.4 is 0 Å². The molecule has 0 aromatic heterocycles. The van der Waals surface area contributed by atoms with Gasteiger partial charge in [-0.25, -0.2) is 4.57 Å². The third kappa shape index (κ3) is 4.10. The second kappa shape index (κ2) is 3.82. The lowest BCUT2D eigenvalue weighted by atomic mass is 10.6. The Bertz CT molecular complexity index is 187. The Labute approximate surface area is 63.7 Å². The average Bonchev–Trinajstić information content (AvgIpc) is 1.79. The molecule has 0 amide bonds. The van der Waals surface area contributed by atoms with E-state index in [4.69, 9.17) is 14.9 Å². The second-order valence-corrected chi connectivity index (χ2v) is 3.48. The van der Waals surface area contributed by atoms with Gasteiger partial charge in [-0.3, -0.25) is 4.79 Å². The highest BCUT2D eigenvalue weighted by Crippen LogP contribution is 2.38. The van der Waals surface area contributed by atoms with Crippen molar-refractivity contribution in [1.82, 2.24) is 4.67 Å². The lowest BCUT2D eigenvalue weighted by Crippen LogP contribution is -2.26. The summed E-state index contributed by atoms with van der Waals surface area (Å²) in [6, 6.07) is 0. The van der Waals surface area contributed by atoms with Gasteiger partial charge in [0.25, 0.3) is 0 Å². The Kier molecular flexibility index (Phi) is 3.68. The van der Waals surface area contributed by atoms with E-state index in [-0.39, 0.29) is 6.54 Å². The molecule has 0 heterocycles. The summed E-state index contributed by atoms with van der Waals surface area (Å²) >= 11 is 0. The van der Waals surface area contributed by atoms with E-state index in [1.165, 1.54) is 6.92 Å². The third-order valence-corrected chi connectivity index (χ3v) is 2.21. The first-order chi connectivity index (χ1) is 4.88. The van der Waals surface area contributed by atoms with Crippen molar-refractivity contribution in [3.8, 4) is 0 Å². The fourth-order valence-corrected chi connectivity index (χ4v) is 1.22. The number of carbonyl (C=O) groups is 1. The minimum Gasteiger partial charge on any atom is -0.480 e. The Balaban J connectivity index is 4.19. The van der Waals surface area contributed by atoms with E-state index in [0.29, 0.717) is 4.67 Å². The van der Waals surface area contributed by atoms with Crippen LogP contribution in [-0.4, -0.2) is 38.6 Å². The highest BCUT2D eigenvalue weighted by atomic mass is 31.2. The minimum atomic E-state index is -4.38. The summed E-state index contributed by atoms with van der Waals surface area (Å²) in [5, 5.41) is 8.19. The summed E-state index contributed by atoms with van der Waals surface area (Å²) in [6.45, 7) is 0.847. The van der Waals surface area contributed by atoms with Crippen LogP contribution in [0.3, 0.4) is 0 Å². The normalized spacial score (nSPS) is 12.0. The van der Waals surface area contributed by atoms with Gasteiger partial charge in [0.05, 0.1) is 0 Å². The van der Waals surface area contributed by atoms with Crippen molar-refractivity contribution in [1.29, 1.82) is 0 Å². The van der Waals surface area contributed by atoms with E-state index in [2.05, 4.69) is 0 Å². The number of likely N-dealkylation sites (N-methyl/N-ethyl adjacent to an activating group) is 1. The average molecular weight is 183 g/mol. The van der Waals surface area contributed by atoms with Gasteiger partial charge in [-0.1, -0.05) is 6.92 Å². The summed E-state index contributed by atoms with van der Waals surface area (Å²) in [4.78, 5) is 27.0. The smallest absolute Gasteiger partial charge is 0.403 e. The van der Waals surface area contributed by atoms with Gasteiger partial charge in [0, 0.05) is 6.54 Å². The molecule has 0 aliphatic rings. The number of hydrogen-bond donors (Lipinski definition) is 3. The fourth-order valence-electron chi connectivity index (χ4n) is 0.544. The van der Waals surface area contributed by atoms with E-state index in [0.717, 1.165) is 0 Å². The third-order valence-electron chi connectivity index (χ3n) is 1.05. The molecule has 66 valence electrons. The summed E-state index contributed by atoms with van der Waals surface area (Å²) in [5.41, 5.74) is 0. The van der Waals surface area contributed by atoms with Crippen LogP contribution in [0.4, 0.5) is 0 Å². The standard InChI is InChI=1S/C4H10NO5P/c1-2-5(3-4(6)7)11(8,9)10/h2-3H2,1H3,(H,6,7)(H2,8,9,10). The van der Waals surface area contributed by atoms with Gasteiger partial charge < -0.3 is 14.9 Å². The number of carboxylic acid groups (broad SMARTS) is 1. The van der Waals surface area contributed by atoms with Crippen LogP contribution in [0.2, 0.25) is 0 Å². The molecule has 11 heavy (non-hydrogen) atoms. The van der Waals surface area contributed by atoms with Crippen molar-refractivity contribution >= 4 is 13.7 Å². The number of hydrogen-bond acceptors (Lipinski definition) is 2. The van der Waals surface area contributed by atoms with Crippen molar-refractivity contribution in [2.45, 2.75) is 6.92 Å². The Hall–Kier alpha value is -0.420. The van der Waals surface area contributed by atoms with Crippen LogP contribution in [0.15, 0.2) is 0 Å². The van der Waals surface area contributed by atoms with Crippen LogP contribution in [0.5, 0.6) is 0 Å². The highest BCUT2D eigenvalue weighted by Gasteiger charge is 2.25. The molecule has 0 saturated heterocycles. The van der Waals surface area contributed by atoms with Crippen molar-refractivity contribution in [3.05, 3.63) is 0 Å². The summed E-state index contributed by atoms with van der Waals surface area (Å²) < 4.78 is 11.0. The van der Waals surface area contributed by atoms with Crippen LogP contribution in [0.1, 0.15) is 6.92 Å². The molecule has 0 aromatic rings. The zero-order chi connectivity index (χ0) is 9.07. The first-order valence-corrected chi connectivity index (χ1v) is 4.47. The molecular formula is C4H10NO5P. The summed E-state index contributed by atoms with van der Waals surface area (Å²) in [5.74, 6) is -1.25. The Morgan fingerprint density at radius 3 is 2.09 bits per heavy atom. The first-order valence-electron chi connectivity index (χ1n) is 2.90. The van der Waals surface area contributed by atoms with E-state index in [9.17, 15) is 9.36 Å². The van der Waals surface area contributed by atoms with E-state index >= 15 is 0 Å². The van der Waals surface area contributed by atoms with E-state index in [1.54, 1.807) is 0 Å². The predicted octanol–water partition coefficient (Wildman–Crippen LogP) is -0.514. The zero-order valence-electron chi connectivity index (χ0n) is 5.97. The molecule has 7 heteroatoms. The largest absolute Gasteiger partial charge is 0.480 e. The molecule has 0 spiro atoms. The van der Waals surface area contributed by atoms with Crippen molar-refractivity contribution in [2.24, 2.45) is 0 Å². The fraction of sp³-hybridized carbons (Fsp3) is 0.750. The lowest BCUT2D eigenvalue weighted by molar-refractivity contribution is -0.137. The van der Waals surface area contributed by atoms with Gasteiger partial charge in [0.2, 0.25) is 0 Å². The maximum absolute atomic E-state index is 10.5. The maximum atomic E-state index is 10.5. The molecule has 0 saturated carbocycles. The number of nitrogens with zero attached hydrogens (tertiary/aromatic N) is 1. The van der Waals surface area contributed by atoms with Crippen molar-refractivity contribution < 1.29 is 24.3 Å². The van der Waals surface area contributed by atoms with Gasteiger partial charge in [-0.05, 0) is 0 Å². The highest BCUT2D eigenvalue weighted by molar-refractivity contribution is 7.49. The number of rotatable bonds is 4. The molecule has 0 atom stereocenters. The second-order valence-electron chi connectivity index (χ2n) is 1.89. The molecule has 0 rings (SSSR count). The number of carboxylic acids is 1. The van der Waals surface area contributed by atoms with Crippen LogP contribution in [0.25, 0.3) is 0 Å². The van der Waals surface area contributed by atoms with Gasteiger partial charge in [0.1, 0.15) is 6.54 Å². The van der Waals surface area contributed by atoms with Crippen molar-refractivity contribution in [2.75, 3.05) is 13.1 Å². The Morgan fingerprint density at radius 2 is 2.00 bits per heavy atom. The summed E-state index contributed by atoms with van der Waals surface area (Å²) in [7, 11) is -4.38. The molecule has 0 bridgehead atoms. The molecule has 0 unspecified atom stereocenters. The number of aliphatic carboxylic acids is 1. The van der Waals surface area contributed by atoms with Crippen LogP contribution in [-0.2, 0) is 9.36 Å². The first kappa shape index (κ1) is 10.6. The Morgan fingerprint density at radius 1 is 1.55 bits per heavy atom. The molecule has 0 radical (unpaired) electrons. The van der Waals surface area contributed by atoms with Gasteiger partial charge >= 0.3 is 13.7 Å². The zero-order valence-corrected chi connectivity index (χ0v) is 6.86. The van der Waals surface area contributed by atoms with Gasteiger partial charge in [0.15, 0.2) is 0 Å². The predicted molar refractivity (Wildman–Crippen MR) is 36.9 cm³/mol. The van der Waals surface area contributed by atoms with Gasteiger partial charge in [-0.2, -0.15) is 4.67 Å². The van der Waals surface area contributed by atoms with E-state index < -0.39 is 20.3 Å². The molecule has 0 fully saturated rings. The molecule has 0 aromatic carbocycles. The van der Waals surface area contributed by atoms with E-state index in [1.807, 2.05) is 0 Å². The molecule has 0 aliphatic carbocycles. The van der Waals surface area contributed by atoms with Crippen LogP contribution >= 0.6 is 7.75 Å². The minimum absolute atomic E-state index is 0.0105. The molecular weight excluding hydrogens is 173 g/mol. The molecule has 6 nitrogen and oxygen atoms in total. The van der Waals surface area contributed by atoms with Crippen molar-refractivity contribution in [3.63, 3.8) is 0 Å². The molecule has 3 N–H and O–H groups in total. The SMILES string of the molecule is CCN(CC(=O)O)P(=O)(O)O. The van der Waals surface area contributed by atoms with Crippen LogP contribution in [0, 0.1) is 0 Å². The quantitative estimate of drug-likeness (QED) is 0.507. The monoisotopic (exact) mass is 183 g/mol. The van der Waals surface area contributed by atoms with Gasteiger partial charge in [-0.15, -0.1) is 0 Å². The molecule has 0 aliphatic heterocycles.